The topological polar surface area (TPSA) is 21.3 Å². The molecule has 2 rings (SSSR count). The molecule has 0 bridgehead atoms. The van der Waals surface area contributed by atoms with Crippen molar-refractivity contribution < 1.29 is 9.13 Å². The van der Waals surface area contributed by atoms with Gasteiger partial charge in [-0.3, -0.25) is 0 Å². The van der Waals surface area contributed by atoms with Gasteiger partial charge in [0.15, 0.2) is 0 Å². The summed E-state index contributed by atoms with van der Waals surface area (Å²) >= 11 is 5.95. The van der Waals surface area contributed by atoms with Crippen molar-refractivity contribution in [3.05, 3.63) is 34.6 Å². The van der Waals surface area contributed by atoms with E-state index in [1.807, 2.05) is 0 Å². The van der Waals surface area contributed by atoms with Crippen molar-refractivity contribution in [1.82, 2.24) is 5.32 Å². The van der Waals surface area contributed by atoms with E-state index in [2.05, 4.69) is 19.2 Å². The summed E-state index contributed by atoms with van der Waals surface area (Å²) in [5, 5.41) is 4.05. The average Bonchev–Trinajstić information content (AvgIpc) is 2.79. The van der Waals surface area contributed by atoms with Crippen LogP contribution in [0.3, 0.4) is 0 Å². The molecule has 3 unspecified atom stereocenters. The van der Waals surface area contributed by atoms with Gasteiger partial charge >= 0.3 is 0 Å². The van der Waals surface area contributed by atoms with Crippen molar-refractivity contribution >= 4 is 11.6 Å². The summed E-state index contributed by atoms with van der Waals surface area (Å²) < 4.78 is 19.5. The highest BCUT2D eigenvalue weighted by atomic mass is 35.5. The Kier molecular flexibility index (Phi) is 5.20. The number of likely N-dealkylation sites (N-methyl/N-ethyl adjacent to an activating group) is 1. The normalized spacial score (nSPS) is 24.6. The smallest absolute Gasteiger partial charge is 0.126 e. The summed E-state index contributed by atoms with van der Waals surface area (Å²) in [6.45, 7) is 5.83. The first-order valence-electron chi connectivity index (χ1n) is 6.90. The lowest BCUT2D eigenvalue weighted by molar-refractivity contribution is 0.0955. The van der Waals surface area contributed by atoms with Crippen LogP contribution >= 0.6 is 11.6 Å². The van der Waals surface area contributed by atoms with Crippen molar-refractivity contribution in [2.24, 2.45) is 5.92 Å². The Hall–Kier alpha value is -0.640. The largest absolute Gasteiger partial charge is 0.378 e. The lowest BCUT2D eigenvalue weighted by atomic mass is 9.88. The summed E-state index contributed by atoms with van der Waals surface area (Å²) in [4.78, 5) is 0. The fourth-order valence-electron chi connectivity index (χ4n) is 2.85. The van der Waals surface area contributed by atoms with Crippen LogP contribution in [0.4, 0.5) is 4.39 Å². The zero-order chi connectivity index (χ0) is 13.8. The molecule has 1 aliphatic heterocycles. The zero-order valence-electron chi connectivity index (χ0n) is 11.5. The summed E-state index contributed by atoms with van der Waals surface area (Å²) in [5.41, 5.74) is 0.678. The van der Waals surface area contributed by atoms with Gasteiger partial charge in [-0.05, 0) is 50.1 Å². The minimum absolute atomic E-state index is 0.182. The summed E-state index contributed by atoms with van der Waals surface area (Å²) in [6.07, 6.45) is 1.91. The van der Waals surface area contributed by atoms with Crippen molar-refractivity contribution in [3.63, 3.8) is 0 Å². The van der Waals surface area contributed by atoms with Crippen LogP contribution in [-0.4, -0.2) is 25.3 Å². The highest BCUT2D eigenvalue weighted by molar-refractivity contribution is 6.30. The first-order valence-corrected chi connectivity index (χ1v) is 7.28. The molecule has 3 atom stereocenters. The Morgan fingerprint density at radius 3 is 2.95 bits per heavy atom. The molecule has 1 heterocycles. The first-order chi connectivity index (χ1) is 9.11. The van der Waals surface area contributed by atoms with Gasteiger partial charge in [0.25, 0.3) is 0 Å². The van der Waals surface area contributed by atoms with E-state index in [0.29, 0.717) is 22.9 Å². The van der Waals surface area contributed by atoms with E-state index in [4.69, 9.17) is 16.3 Å². The van der Waals surface area contributed by atoms with Gasteiger partial charge in [-0.1, -0.05) is 18.5 Å². The van der Waals surface area contributed by atoms with E-state index in [9.17, 15) is 4.39 Å². The number of nitrogens with one attached hydrogen (secondary N) is 1. The fraction of sp³-hybridized carbons (Fsp3) is 0.600. The average molecular weight is 286 g/mol. The Bertz CT molecular complexity index is 427. The molecule has 19 heavy (non-hydrogen) atoms. The SMILES string of the molecule is CCNC(Cc1cc(Cl)ccc1F)C1CCOC1C. The van der Waals surface area contributed by atoms with Crippen molar-refractivity contribution in [2.75, 3.05) is 13.2 Å². The van der Waals surface area contributed by atoms with Crippen LogP contribution < -0.4 is 5.32 Å². The van der Waals surface area contributed by atoms with Crippen LogP contribution in [-0.2, 0) is 11.2 Å². The van der Waals surface area contributed by atoms with Gasteiger partial charge in [0.1, 0.15) is 5.82 Å². The monoisotopic (exact) mass is 285 g/mol. The van der Waals surface area contributed by atoms with E-state index in [-0.39, 0.29) is 18.0 Å². The molecule has 0 radical (unpaired) electrons. The number of hydrogen-bond donors (Lipinski definition) is 1. The molecule has 0 aromatic heterocycles. The number of ether oxygens (including phenoxy) is 1. The van der Waals surface area contributed by atoms with Gasteiger partial charge in [-0.25, -0.2) is 4.39 Å². The van der Waals surface area contributed by atoms with Crippen LogP contribution in [0.15, 0.2) is 18.2 Å². The number of rotatable bonds is 5. The fourth-order valence-corrected chi connectivity index (χ4v) is 3.05. The Balaban J connectivity index is 2.13. The van der Waals surface area contributed by atoms with Gasteiger partial charge in [0, 0.05) is 23.6 Å². The molecular weight excluding hydrogens is 265 g/mol. The number of halogens is 2. The molecule has 1 aliphatic rings. The van der Waals surface area contributed by atoms with E-state index in [0.717, 1.165) is 19.6 Å². The maximum atomic E-state index is 13.8. The summed E-state index contributed by atoms with van der Waals surface area (Å²) in [5.74, 6) is 0.247. The molecule has 1 N–H and O–H groups in total. The lowest BCUT2D eigenvalue weighted by Gasteiger charge is -2.27. The second kappa shape index (κ2) is 6.69. The molecule has 2 nitrogen and oxygen atoms in total. The minimum Gasteiger partial charge on any atom is -0.378 e. The highest BCUT2D eigenvalue weighted by Gasteiger charge is 2.31. The maximum Gasteiger partial charge on any atom is 0.126 e. The summed E-state index contributed by atoms with van der Waals surface area (Å²) in [6, 6.07) is 4.98. The standard InChI is InChI=1S/C15H21ClFNO/c1-3-18-15(13-6-7-19-10(13)2)9-11-8-12(16)4-5-14(11)17/h4-5,8,10,13,15,18H,3,6-7,9H2,1-2H3. The second-order valence-corrected chi connectivity index (χ2v) is 5.57. The summed E-state index contributed by atoms with van der Waals surface area (Å²) in [7, 11) is 0. The molecule has 0 spiro atoms. The van der Waals surface area contributed by atoms with Crippen LogP contribution in [0.5, 0.6) is 0 Å². The maximum absolute atomic E-state index is 13.8. The van der Waals surface area contributed by atoms with Crippen molar-refractivity contribution in [2.45, 2.75) is 38.8 Å². The third kappa shape index (κ3) is 3.68. The second-order valence-electron chi connectivity index (χ2n) is 5.13. The Morgan fingerprint density at radius 2 is 2.32 bits per heavy atom. The molecule has 1 aromatic rings. The van der Waals surface area contributed by atoms with E-state index >= 15 is 0 Å². The van der Waals surface area contributed by atoms with Crippen LogP contribution in [0, 0.1) is 11.7 Å². The van der Waals surface area contributed by atoms with Gasteiger partial charge < -0.3 is 10.1 Å². The van der Waals surface area contributed by atoms with Crippen LogP contribution in [0.25, 0.3) is 0 Å². The zero-order valence-corrected chi connectivity index (χ0v) is 12.2. The molecule has 1 aromatic carbocycles. The molecule has 0 amide bonds. The van der Waals surface area contributed by atoms with E-state index < -0.39 is 0 Å². The van der Waals surface area contributed by atoms with Gasteiger partial charge in [0.05, 0.1) is 6.10 Å². The Morgan fingerprint density at radius 1 is 1.53 bits per heavy atom. The van der Waals surface area contributed by atoms with Gasteiger partial charge in [0.2, 0.25) is 0 Å². The van der Waals surface area contributed by atoms with Gasteiger partial charge in [-0.15, -0.1) is 0 Å². The Labute approximate surface area is 119 Å². The van der Waals surface area contributed by atoms with Crippen LogP contribution in [0.2, 0.25) is 5.02 Å². The van der Waals surface area contributed by atoms with E-state index in [1.54, 1.807) is 12.1 Å². The third-order valence-electron chi connectivity index (χ3n) is 3.87. The third-order valence-corrected chi connectivity index (χ3v) is 4.10. The van der Waals surface area contributed by atoms with Gasteiger partial charge in [-0.2, -0.15) is 0 Å². The lowest BCUT2D eigenvalue weighted by Crippen LogP contribution is -2.41. The van der Waals surface area contributed by atoms with Crippen molar-refractivity contribution in [3.8, 4) is 0 Å². The van der Waals surface area contributed by atoms with Crippen LogP contribution in [0.1, 0.15) is 25.8 Å². The molecular formula is C15H21ClFNO. The van der Waals surface area contributed by atoms with E-state index in [1.165, 1.54) is 6.07 Å². The minimum atomic E-state index is -0.182. The number of benzene rings is 1. The molecule has 0 saturated carbocycles. The molecule has 106 valence electrons. The molecule has 0 aliphatic carbocycles. The first kappa shape index (κ1) is 14.8. The predicted molar refractivity (Wildman–Crippen MR) is 76.1 cm³/mol. The quantitative estimate of drug-likeness (QED) is 0.895. The highest BCUT2D eigenvalue weighted by Crippen LogP contribution is 2.27. The molecule has 4 heteroatoms. The molecule has 1 saturated heterocycles. The molecule has 1 fully saturated rings. The van der Waals surface area contributed by atoms with Crippen molar-refractivity contribution in [1.29, 1.82) is 0 Å². The predicted octanol–water partition coefficient (Wildman–Crippen LogP) is 3.42. The number of hydrogen-bond acceptors (Lipinski definition) is 2.